The molecule has 0 radical (unpaired) electrons. The minimum atomic E-state index is -1.23. The van der Waals surface area contributed by atoms with Crippen LogP contribution in [-0.4, -0.2) is 46.6 Å². The van der Waals surface area contributed by atoms with Gasteiger partial charge in [-0.1, -0.05) is 28.2 Å². The molecule has 3 heterocycles. The number of imide groups is 1. The summed E-state index contributed by atoms with van der Waals surface area (Å²) in [5.41, 5.74) is 0.429. The largest absolute Gasteiger partial charge is 0.325 e. The van der Waals surface area contributed by atoms with E-state index in [2.05, 4.69) is 30.4 Å². The molecule has 1 aliphatic rings. The Balaban J connectivity index is 1.66. The maximum Gasteiger partial charge on any atom is 0.325 e. The first kappa shape index (κ1) is 16.5. The third kappa shape index (κ3) is 2.61. The van der Waals surface area contributed by atoms with Gasteiger partial charge in [-0.25, -0.2) is 9.48 Å². The van der Waals surface area contributed by atoms with E-state index >= 15 is 0 Å². The molecular formula is C14H11ClN8O2S. The third-order valence-electron chi connectivity index (χ3n) is 4.13. The average Bonchev–Trinajstić information content (AvgIpc) is 3.34. The van der Waals surface area contributed by atoms with Gasteiger partial charge in [-0.05, 0) is 35.0 Å². The van der Waals surface area contributed by atoms with E-state index in [-0.39, 0.29) is 6.54 Å². The van der Waals surface area contributed by atoms with Crippen molar-refractivity contribution in [3.63, 3.8) is 0 Å². The number of benzene rings is 1. The molecule has 1 atom stereocenters. The highest BCUT2D eigenvalue weighted by Gasteiger charge is 2.49. The highest BCUT2D eigenvalue weighted by molar-refractivity contribution is 7.10. The number of rotatable bonds is 4. The van der Waals surface area contributed by atoms with Gasteiger partial charge in [0.2, 0.25) is 0 Å². The van der Waals surface area contributed by atoms with E-state index in [1.54, 1.807) is 31.2 Å². The fourth-order valence-electron chi connectivity index (χ4n) is 2.72. The van der Waals surface area contributed by atoms with Crippen LogP contribution >= 0.6 is 23.1 Å². The quantitative estimate of drug-likeness (QED) is 0.663. The Morgan fingerprint density at radius 3 is 2.88 bits per heavy atom. The van der Waals surface area contributed by atoms with Gasteiger partial charge in [-0.15, -0.1) is 10.2 Å². The van der Waals surface area contributed by atoms with Crippen LogP contribution in [0, 0.1) is 0 Å². The van der Waals surface area contributed by atoms with Crippen molar-refractivity contribution in [1.29, 1.82) is 0 Å². The molecule has 10 nitrogen and oxygen atoms in total. The second kappa shape index (κ2) is 6.11. The van der Waals surface area contributed by atoms with Gasteiger partial charge in [0.25, 0.3) is 5.91 Å². The molecule has 2 aromatic heterocycles. The second-order valence-corrected chi connectivity index (χ2v) is 7.10. The second-order valence-electron chi connectivity index (χ2n) is 5.74. The molecule has 4 rings (SSSR count). The first-order valence-electron chi connectivity index (χ1n) is 7.44. The molecule has 132 valence electrons. The summed E-state index contributed by atoms with van der Waals surface area (Å²) < 4.78 is 5.53. The number of hydrogen-bond donors (Lipinski definition) is 1. The van der Waals surface area contributed by atoms with Crippen molar-refractivity contribution in [3.05, 3.63) is 46.2 Å². The molecule has 12 heteroatoms. The molecule has 1 N–H and O–H groups in total. The standard InChI is InChI=1S/C14H11ClN8O2S/c1-14(8-3-2-4-9(5-8)23-7-16-19-20-23)12(24)22(13(25)17-14)6-10-11(15)26-21-18-10/h2-5,7H,6H2,1H3,(H,17,25)/t14-/m0/s1. The highest BCUT2D eigenvalue weighted by atomic mass is 35.5. The number of halogens is 1. The van der Waals surface area contributed by atoms with Crippen LogP contribution in [0.25, 0.3) is 5.69 Å². The Kier molecular flexibility index (Phi) is 3.89. The summed E-state index contributed by atoms with van der Waals surface area (Å²) in [6.45, 7) is 1.61. The Morgan fingerprint density at radius 2 is 2.19 bits per heavy atom. The van der Waals surface area contributed by atoms with Crippen molar-refractivity contribution in [1.82, 2.24) is 40.0 Å². The number of amides is 3. The number of carbonyl (C=O) groups is 2. The first-order valence-corrected chi connectivity index (χ1v) is 8.59. The van der Waals surface area contributed by atoms with E-state index in [0.29, 0.717) is 21.3 Å². The molecule has 1 aliphatic heterocycles. The van der Waals surface area contributed by atoms with Gasteiger partial charge in [-0.2, -0.15) is 0 Å². The Bertz CT molecular complexity index is 991. The molecule has 26 heavy (non-hydrogen) atoms. The minimum absolute atomic E-state index is 0.0394. The molecule has 3 amide bonds. The van der Waals surface area contributed by atoms with Gasteiger partial charge < -0.3 is 5.32 Å². The number of nitrogens with one attached hydrogen (secondary N) is 1. The molecule has 1 saturated heterocycles. The maximum atomic E-state index is 13.0. The predicted molar refractivity (Wildman–Crippen MR) is 90.5 cm³/mol. The number of nitrogens with zero attached hydrogens (tertiary/aromatic N) is 7. The number of carbonyl (C=O) groups excluding carboxylic acids is 2. The van der Waals surface area contributed by atoms with Gasteiger partial charge in [0.1, 0.15) is 21.9 Å². The molecule has 0 saturated carbocycles. The lowest BCUT2D eigenvalue weighted by atomic mass is 9.91. The van der Waals surface area contributed by atoms with Gasteiger partial charge in [0, 0.05) is 11.5 Å². The van der Waals surface area contributed by atoms with Crippen molar-refractivity contribution in [2.45, 2.75) is 19.0 Å². The molecule has 1 fully saturated rings. The lowest BCUT2D eigenvalue weighted by Crippen LogP contribution is -2.40. The predicted octanol–water partition coefficient (Wildman–Crippen LogP) is 1.13. The summed E-state index contributed by atoms with van der Waals surface area (Å²) in [5.74, 6) is -0.402. The fourth-order valence-corrected chi connectivity index (χ4v) is 3.33. The van der Waals surface area contributed by atoms with Crippen molar-refractivity contribution in [2.24, 2.45) is 0 Å². The van der Waals surface area contributed by atoms with E-state index in [9.17, 15) is 9.59 Å². The molecule has 0 spiro atoms. The highest BCUT2D eigenvalue weighted by Crippen LogP contribution is 2.31. The number of urea groups is 1. The zero-order chi connectivity index (χ0) is 18.3. The molecule has 0 unspecified atom stereocenters. The minimum Gasteiger partial charge on any atom is -0.319 e. The number of hydrogen-bond acceptors (Lipinski definition) is 8. The van der Waals surface area contributed by atoms with Crippen LogP contribution in [0.2, 0.25) is 4.34 Å². The van der Waals surface area contributed by atoms with Crippen LogP contribution in [0.4, 0.5) is 4.79 Å². The van der Waals surface area contributed by atoms with Crippen LogP contribution in [0.1, 0.15) is 18.2 Å². The summed E-state index contributed by atoms with van der Waals surface area (Å²) in [4.78, 5) is 26.5. The molecule has 3 aromatic rings. The Labute approximate surface area is 155 Å². The average molecular weight is 391 g/mol. The van der Waals surface area contributed by atoms with Crippen molar-refractivity contribution >= 4 is 35.1 Å². The lowest BCUT2D eigenvalue weighted by Gasteiger charge is -2.22. The van der Waals surface area contributed by atoms with E-state index in [4.69, 9.17) is 11.6 Å². The summed E-state index contributed by atoms with van der Waals surface area (Å²) in [6.07, 6.45) is 1.44. The molecule has 0 bridgehead atoms. The smallest absolute Gasteiger partial charge is 0.319 e. The van der Waals surface area contributed by atoms with Gasteiger partial charge in [0.05, 0.1) is 12.2 Å². The number of aromatic nitrogens is 6. The SMILES string of the molecule is C[C@@]1(c2cccc(-n3cnnn3)c2)NC(=O)N(Cc2nnsc2Cl)C1=O. The Hall–Kier alpha value is -2.92. The molecular weight excluding hydrogens is 380 g/mol. The van der Waals surface area contributed by atoms with E-state index in [1.165, 1.54) is 11.0 Å². The van der Waals surface area contributed by atoms with Crippen molar-refractivity contribution < 1.29 is 9.59 Å². The number of tetrazole rings is 1. The third-order valence-corrected chi connectivity index (χ3v) is 5.11. The van der Waals surface area contributed by atoms with E-state index in [0.717, 1.165) is 16.4 Å². The van der Waals surface area contributed by atoms with Crippen LogP contribution < -0.4 is 5.32 Å². The van der Waals surface area contributed by atoms with Crippen molar-refractivity contribution in [3.8, 4) is 5.69 Å². The summed E-state index contributed by atoms with van der Waals surface area (Å²) in [6, 6.07) is 6.54. The van der Waals surface area contributed by atoms with Crippen molar-refractivity contribution in [2.75, 3.05) is 0 Å². The van der Waals surface area contributed by atoms with Gasteiger partial charge in [0.15, 0.2) is 0 Å². The van der Waals surface area contributed by atoms with Crippen LogP contribution in [0.5, 0.6) is 0 Å². The maximum absolute atomic E-state index is 13.0. The molecule has 0 aliphatic carbocycles. The zero-order valence-electron chi connectivity index (χ0n) is 13.3. The normalized spacial score (nSPS) is 19.8. The topological polar surface area (TPSA) is 119 Å². The van der Waals surface area contributed by atoms with Crippen LogP contribution in [0.3, 0.4) is 0 Å². The zero-order valence-corrected chi connectivity index (χ0v) is 14.9. The van der Waals surface area contributed by atoms with E-state index in [1.807, 2.05) is 0 Å². The summed E-state index contributed by atoms with van der Waals surface area (Å²) in [5, 5.41) is 17.6. The fraction of sp³-hybridized carbons (Fsp3) is 0.214. The summed E-state index contributed by atoms with van der Waals surface area (Å²) in [7, 11) is 0. The van der Waals surface area contributed by atoms with Crippen LogP contribution in [-0.2, 0) is 16.9 Å². The van der Waals surface area contributed by atoms with Gasteiger partial charge >= 0.3 is 6.03 Å². The van der Waals surface area contributed by atoms with Gasteiger partial charge in [-0.3, -0.25) is 9.69 Å². The first-order chi connectivity index (χ1) is 12.5. The van der Waals surface area contributed by atoms with Crippen LogP contribution in [0.15, 0.2) is 30.6 Å². The van der Waals surface area contributed by atoms with E-state index < -0.39 is 17.5 Å². The Morgan fingerprint density at radius 1 is 1.35 bits per heavy atom. The summed E-state index contributed by atoms with van der Waals surface area (Å²) >= 11 is 6.98. The monoisotopic (exact) mass is 390 g/mol. The molecule has 1 aromatic carbocycles. The lowest BCUT2D eigenvalue weighted by molar-refractivity contribution is -0.131.